The molecule has 7 nitrogen and oxygen atoms in total. The quantitative estimate of drug-likeness (QED) is 0.442. The maximum Gasteiger partial charge on any atom is 0.270 e. The third-order valence-corrected chi connectivity index (χ3v) is 3.58. The zero-order valence-electron chi connectivity index (χ0n) is 10.2. The Morgan fingerprint density at radius 3 is 2.58 bits per heavy atom. The van der Waals surface area contributed by atoms with E-state index in [4.69, 9.17) is 0 Å². The first-order chi connectivity index (χ1) is 8.79. The zero-order valence-corrected chi connectivity index (χ0v) is 12.6. The van der Waals surface area contributed by atoms with E-state index in [9.17, 15) is 18.5 Å². The fourth-order valence-electron chi connectivity index (χ4n) is 1.33. The van der Waals surface area contributed by atoms with Crippen LogP contribution in [0.25, 0.3) is 0 Å². The molecule has 0 fully saturated rings. The lowest BCUT2D eigenvalue weighted by Crippen LogP contribution is -2.24. The van der Waals surface area contributed by atoms with Crippen molar-refractivity contribution in [2.45, 2.75) is 6.42 Å². The van der Waals surface area contributed by atoms with Crippen molar-refractivity contribution < 1.29 is 13.3 Å². The summed E-state index contributed by atoms with van der Waals surface area (Å²) in [6.45, 7) is 0.898. The van der Waals surface area contributed by atoms with Gasteiger partial charge in [0.05, 0.1) is 11.2 Å². The summed E-state index contributed by atoms with van der Waals surface area (Å²) < 4.78 is 24.6. The molecular formula is C10H14BrN3O4S. The van der Waals surface area contributed by atoms with Gasteiger partial charge in [0.1, 0.15) is 0 Å². The van der Waals surface area contributed by atoms with E-state index < -0.39 is 14.9 Å². The standard InChI is InChI=1S/C10H14BrN3O4S/c1-19(17,18)13-6-2-5-12-10-4-3-8(14(15)16)7-9(10)11/h3-4,7,12-13H,2,5-6H2,1H3. The van der Waals surface area contributed by atoms with Crippen molar-refractivity contribution in [2.75, 3.05) is 24.7 Å². The summed E-state index contributed by atoms with van der Waals surface area (Å²) in [6.07, 6.45) is 1.71. The number of nitrogens with zero attached hydrogens (tertiary/aromatic N) is 1. The van der Waals surface area contributed by atoms with Gasteiger partial charge in [-0.2, -0.15) is 0 Å². The lowest BCUT2D eigenvalue weighted by molar-refractivity contribution is -0.384. The average molecular weight is 352 g/mol. The molecule has 1 aromatic rings. The van der Waals surface area contributed by atoms with Gasteiger partial charge in [0, 0.05) is 35.4 Å². The SMILES string of the molecule is CS(=O)(=O)NCCCNc1ccc([N+](=O)[O-])cc1Br. The molecule has 0 radical (unpaired) electrons. The lowest BCUT2D eigenvalue weighted by atomic mass is 10.3. The number of anilines is 1. The predicted octanol–water partition coefficient (Wildman–Crippen LogP) is 1.71. The number of sulfonamides is 1. The van der Waals surface area contributed by atoms with Gasteiger partial charge in [-0.15, -0.1) is 0 Å². The molecule has 0 aromatic heterocycles. The fraction of sp³-hybridized carbons (Fsp3) is 0.400. The molecule has 0 saturated heterocycles. The van der Waals surface area contributed by atoms with Crippen molar-refractivity contribution in [1.29, 1.82) is 0 Å². The molecule has 106 valence electrons. The molecule has 0 aliphatic carbocycles. The molecule has 1 rings (SSSR count). The van der Waals surface area contributed by atoms with E-state index >= 15 is 0 Å². The molecule has 0 spiro atoms. The smallest absolute Gasteiger partial charge is 0.270 e. The van der Waals surface area contributed by atoms with Crippen LogP contribution in [0.3, 0.4) is 0 Å². The molecule has 9 heteroatoms. The highest BCUT2D eigenvalue weighted by molar-refractivity contribution is 9.10. The Morgan fingerprint density at radius 2 is 2.05 bits per heavy atom. The second kappa shape index (κ2) is 6.83. The molecule has 0 aliphatic heterocycles. The monoisotopic (exact) mass is 351 g/mol. The van der Waals surface area contributed by atoms with Gasteiger partial charge in [0.15, 0.2) is 0 Å². The Morgan fingerprint density at radius 1 is 1.37 bits per heavy atom. The number of nitrogens with one attached hydrogen (secondary N) is 2. The highest BCUT2D eigenvalue weighted by Gasteiger charge is 2.08. The number of non-ortho nitro benzene ring substituents is 1. The fourth-order valence-corrected chi connectivity index (χ4v) is 2.35. The van der Waals surface area contributed by atoms with Crippen LogP contribution in [0, 0.1) is 10.1 Å². The van der Waals surface area contributed by atoms with E-state index in [1.165, 1.54) is 12.1 Å². The summed E-state index contributed by atoms with van der Waals surface area (Å²) in [4.78, 5) is 10.1. The van der Waals surface area contributed by atoms with Gasteiger partial charge in [0.2, 0.25) is 10.0 Å². The molecule has 19 heavy (non-hydrogen) atoms. The van der Waals surface area contributed by atoms with Crippen LogP contribution in [-0.2, 0) is 10.0 Å². The van der Waals surface area contributed by atoms with Crippen LogP contribution >= 0.6 is 15.9 Å². The molecule has 0 atom stereocenters. The van der Waals surface area contributed by atoms with Crippen molar-refractivity contribution in [3.05, 3.63) is 32.8 Å². The van der Waals surface area contributed by atoms with E-state index in [0.29, 0.717) is 24.0 Å². The Labute approximate surface area is 119 Å². The van der Waals surface area contributed by atoms with Crippen LogP contribution in [0.5, 0.6) is 0 Å². The van der Waals surface area contributed by atoms with E-state index in [1.807, 2.05) is 0 Å². The summed E-state index contributed by atoms with van der Waals surface area (Å²) in [7, 11) is -3.15. The molecule has 0 aliphatic rings. The highest BCUT2D eigenvalue weighted by Crippen LogP contribution is 2.26. The number of hydrogen-bond acceptors (Lipinski definition) is 5. The van der Waals surface area contributed by atoms with Gasteiger partial charge in [-0.3, -0.25) is 10.1 Å². The molecule has 1 aromatic carbocycles. The Balaban J connectivity index is 2.44. The van der Waals surface area contributed by atoms with E-state index in [1.54, 1.807) is 6.07 Å². The first-order valence-corrected chi connectivity index (χ1v) is 8.10. The van der Waals surface area contributed by atoms with Gasteiger partial charge < -0.3 is 5.32 Å². The van der Waals surface area contributed by atoms with Crippen LogP contribution in [0.4, 0.5) is 11.4 Å². The normalized spacial score (nSPS) is 11.3. The zero-order chi connectivity index (χ0) is 14.5. The topological polar surface area (TPSA) is 101 Å². The van der Waals surface area contributed by atoms with Gasteiger partial charge in [-0.05, 0) is 28.4 Å². The van der Waals surface area contributed by atoms with Crippen LogP contribution in [0.1, 0.15) is 6.42 Å². The van der Waals surface area contributed by atoms with Crippen molar-refractivity contribution in [3.63, 3.8) is 0 Å². The molecular weight excluding hydrogens is 338 g/mol. The van der Waals surface area contributed by atoms with Crippen LogP contribution in [-0.4, -0.2) is 32.7 Å². The third kappa shape index (κ3) is 5.99. The van der Waals surface area contributed by atoms with Gasteiger partial charge >= 0.3 is 0 Å². The average Bonchev–Trinajstić information content (AvgIpc) is 2.28. The molecule has 0 bridgehead atoms. The summed E-state index contributed by atoms with van der Waals surface area (Å²) in [6, 6.07) is 4.42. The summed E-state index contributed by atoms with van der Waals surface area (Å²) in [5.74, 6) is 0. The molecule has 0 amide bonds. The van der Waals surface area contributed by atoms with Gasteiger partial charge in [0.25, 0.3) is 5.69 Å². The predicted molar refractivity (Wildman–Crippen MR) is 76.7 cm³/mol. The first kappa shape index (κ1) is 15.9. The number of rotatable bonds is 7. The van der Waals surface area contributed by atoms with E-state index in [-0.39, 0.29) is 5.69 Å². The maximum atomic E-state index is 10.8. The Bertz CT molecular complexity index is 562. The molecule has 0 heterocycles. The van der Waals surface area contributed by atoms with E-state index in [2.05, 4.69) is 26.0 Å². The second-order valence-electron chi connectivity index (χ2n) is 3.87. The minimum absolute atomic E-state index is 0.0103. The highest BCUT2D eigenvalue weighted by atomic mass is 79.9. The largest absolute Gasteiger partial charge is 0.384 e. The maximum absolute atomic E-state index is 10.8. The molecule has 2 N–H and O–H groups in total. The summed E-state index contributed by atoms with van der Waals surface area (Å²) >= 11 is 3.24. The van der Waals surface area contributed by atoms with Crippen LogP contribution < -0.4 is 10.0 Å². The number of nitro benzene ring substituents is 1. The summed E-state index contributed by atoms with van der Waals surface area (Å²) in [5, 5.41) is 13.6. The van der Waals surface area contributed by atoms with Crippen LogP contribution in [0.2, 0.25) is 0 Å². The van der Waals surface area contributed by atoms with Crippen molar-refractivity contribution in [1.82, 2.24) is 4.72 Å². The van der Waals surface area contributed by atoms with Crippen molar-refractivity contribution in [2.24, 2.45) is 0 Å². The summed E-state index contributed by atoms with van der Waals surface area (Å²) in [5.41, 5.74) is 0.737. The Hall–Kier alpha value is -1.19. The molecule has 0 unspecified atom stereocenters. The third-order valence-electron chi connectivity index (χ3n) is 2.20. The van der Waals surface area contributed by atoms with E-state index in [0.717, 1.165) is 11.9 Å². The van der Waals surface area contributed by atoms with Gasteiger partial charge in [-0.1, -0.05) is 0 Å². The lowest BCUT2D eigenvalue weighted by Gasteiger charge is -2.08. The van der Waals surface area contributed by atoms with Crippen LogP contribution in [0.15, 0.2) is 22.7 Å². The van der Waals surface area contributed by atoms with Crippen molar-refractivity contribution >= 4 is 37.3 Å². The minimum Gasteiger partial charge on any atom is -0.384 e. The van der Waals surface area contributed by atoms with Crippen molar-refractivity contribution in [3.8, 4) is 0 Å². The second-order valence-corrected chi connectivity index (χ2v) is 6.56. The minimum atomic E-state index is -3.15. The first-order valence-electron chi connectivity index (χ1n) is 5.42. The number of halogens is 1. The number of benzene rings is 1. The number of nitro groups is 1. The molecule has 0 saturated carbocycles. The Kier molecular flexibility index (Phi) is 5.70. The number of hydrogen-bond donors (Lipinski definition) is 2. The van der Waals surface area contributed by atoms with Gasteiger partial charge in [-0.25, -0.2) is 13.1 Å².